The zero-order valence-electron chi connectivity index (χ0n) is 8.41. The maximum Gasteiger partial charge on any atom is 0.170 e. The summed E-state index contributed by atoms with van der Waals surface area (Å²) in [6.45, 7) is 3.86. The van der Waals surface area contributed by atoms with Gasteiger partial charge in [-0.2, -0.15) is 5.10 Å². The van der Waals surface area contributed by atoms with E-state index in [1.54, 1.807) is 0 Å². The van der Waals surface area contributed by atoms with Gasteiger partial charge in [0.2, 0.25) is 0 Å². The maximum absolute atomic E-state index is 5.92. The van der Waals surface area contributed by atoms with Crippen LogP contribution in [0.5, 0.6) is 0 Å². The second kappa shape index (κ2) is 2.54. The summed E-state index contributed by atoms with van der Waals surface area (Å²) in [5.74, 6) is 2.47. The Labute approximate surface area is 78.1 Å². The third-order valence-corrected chi connectivity index (χ3v) is 2.32. The summed E-state index contributed by atoms with van der Waals surface area (Å²) in [5.41, 5.74) is 5.50. The lowest BCUT2D eigenvalue weighted by Gasteiger charge is -2.12. The van der Waals surface area contributed by atoms with Gasteiger partial charge in [-0.1, -0.05) is 0 Å². The molecule has 0 unspecified atom stereocenters. The van der Waals surface area contributed by atoms with Gasteiger partial charge in [-0.25, -0.2) is 4.98 Å². The van der Waals surface area contributed by atoms with Crippen LogP contribution in [-0.2, 0) is 12.6 Å². The van der Waals surface area contributed by atoms with E-state index in [0.29, 0.717) is 5.92 Å². The Morgan fingerprint density at radius 3 is 2.46 bits per heavy atom. The first kappa shape index (κ1) is 8.69. The van der Waals surface area contributed by atoms with Gasteiger partial charge in [-0.15, -0.1) is 0 Å². The molecule has 1 aromatic rings. The Morgan fingerprint density at radius 1 is 1.46 bits per heavy atom. The molecule has 1 heterocycles. The van der Waals surface area contributed by atoms with Crippen molar-refractivity contribution in [1.29, 1.82) is 0 Å². The molecule has 0 aliphatic heterocycles. The van der Waals surface area contributed by atoms with E-state index in [1.807, 2.05) is 25.6 Å². The standard InChI is InChI=1S/C9H16N4/c1-9(2,10)8-11-7(6-4-5-6)13(3)12-8/h6H,4-5,10H2,1-3H3. The van der Waals surface area contributed by atoms with Crippen LogP contribution in [0.4, 0.5) is 0 Å². The average Bonchev–Trinajstić information content (AvgIpc) is 2.73. The minimum atomic E-state index is -0.426. The molecule has 1 aromatic heterocycles. The molecular formula is C9H16N4. The van der Waals surface area contributed by atoms with E-state index in [4.69, 9.17) is 5.73 Å². The van der Waals surface area contributed by atoms with Crippen LogP contribution in [0.3, 0.4) is 0 Å². The molecule has 2 N–H and O–H groups in total. The summed E-state index contributed by atoms with van der Waals surface area (Å²) in [6.07, 6.45) is 2.49. The van der Waals surface area contributed by atoms with Crippen LogP contribution in [0.2, 0.25) is 0 Å². The van der Waals surface area contributed by atoms with E-state index >= 15 is 0 Å². The van der Waals surface area contributed by atoms with Crippen molar-refractivity contribution in [3.63, 3.8) is 0 Å². The third-order valence-electron chi connectivity index (χ3n) is 2.32. The second-order valence-electron chi connectivity index (χ2n) is 4.41. The normalized spacial score (nSPS) is 17.8. The van der Waals surface area contributed by atoms with E-state index in [0.717, 1.165) is 11.6 Å². The van der Waals surface area contributed by atoms with Crippen molar-refractivity contribution in [1.82, 2.24) is 14.8 Å². The molecule has 0 atom stereocenters. The van der Waals surface area contributed by atoms with Crippen molar-refractivity contribution in [3.8, 4) is 0 Å². The molecule has 4 nitrogen and oxygen atoms in total. The summed E-state index contributed by atoms with van der Waals surface area (Å²) in [4.78, 5) is 4.47. The Kier molecular flexibility index (Phi) is 1.70. The fourth-order valence-electron chi connectivity index (χ4n) is 1.37. The molecule has 1 aliphatic rings. The van der Waals surface area contributed by atoms with Gasteiger partial charge in [-0.3, -0.25) is 4.68 Å². The molecule has 0 radical (unpaired) electrons. The molecule has 0 amide bonds. The van der Waals surface area contributed by atoms with Gasteiger partial charge in [0.25, 0.3) is 0 Å². The Morgan fingerprint density at radius 2 is 2.08 bits per heavy atom. The van der Waals surface area contributed by atoms with E-state index < -0.39 is 5.54 Å². The summed E-state index contributed by atoms with van der Waals surface area (Å²) in [5, 5.41) is 4.32. The van der Waals surface area contributed by atoms with Crippen LogP contribution in [0, 0.1) is 0 Å². The van der Waals surface area contributed by atoms with E-state index in [1.165, 1.54) is 12.8 Å². The summed E-state index contributed by atoms with van der Waals surface area (Å²) < 4.78 is 1.86. The van der Waals surface area contributed by atoms with Crippen LogP contribution >= 0.6 is 0 Å². The van der Waals surface area contributed by atoms with E-state index in [9.17, 15) is 0 Å². The predicted octanol–water partition coefficient (Wildman–Crippen LogP) is 0.886. The lowest BCUT2D eigenvalue weighted by atomic mass is 10.1. The predicted molar refractivity (Wildman–Crippen MR) is 50.2 cm³/mol. The van der Waals surface area contributed by atoms with Crippen LogP contribution in [-0.4, -0.2) is 14.8 Å². The molecule has 4 heteroatoms. The number of aryl methyl sites for hydroxylation is 1. The van der Waals surface area contributed by atoms with Crippen LogP contribution in [0.1, 0.15) is 44.3 Å². The highest BCUT2D eigenvalue weighted by atomic mass is 15.3. The molecule has 72 valence electrons. The number of rotatable bonds is 2. The lowest BCUT2D eigenvalue weighted by Crippen LogP contribution is -2.30. The second-order valence-corrected chi connectivity index (χ2v) is 4.41. The Hall–Kier alpha value is -0.900. The van der Waals surface area contributed by atoms with Gasteiger partial charge in [-0.05, 0) is 26.7 Å². The number of hydrogen-bond acceptors (Lipinski definition) is 3. The number of aromatic nitrogens is 3. The molecule has 1 aliphatic carbocycles. The highest BCUT2D eigenvalue weighted by molar-refractivity contribution is 5.10. The zero-order chi connectivity index (χ0) is 9.64. The summed E-state index contributed by atoms with van der Waals surface area (Å²) >= 11 is 0. The molecule has 13 heavy (non-hydrogen) atoms. The highest BCUT2D eigenvalue weighted by Crippen LogP contribution is 2.39. The molecule has 0 bridgehead atoms. The van der Waals surface area contributed by atoms with Crippen LogP contribution in [0.25, 0.3) is 0 Å². The SMILES string of the molecule is Cn1nc(C(C)(C)N)nc1C1CC1. The van der Waals surface area contributed by atoms with Crippen molar-refractivity contribution in [2.45, 2.75) is 38.1 Å². The number of hydrogen-bond donors (Lipinski definition) is 1. The molecule has 0 spiro atoms. The van der Waals surface area contributed by atoms with E-state index in [-0.39, 0.29) is 0 Å². The Balaban J connectivity index is 2.34. The minimum absolute atomic E-state index is 0.426. The van der Waals surface area contributed by atoms with Gasteiger partial charge in [0.15, 0.2) is 5.82 Å². The monoisotopic (exact) mass is 180 g/mol. The quantitative estimate of drug-likeness (QED) is 0.735. The Bertz CT molecular complexity index is 317. The fourth-order valence-corrected chi connectivity index (χ4v) is 1.37. The fraction of sp³-hybridized carbons (Fsp3) is 0.778. The topological polar surface area (TPSA) is 56.7 Å². The molecule has 1 saturated carbocycles. The third kappa shape index (κ3) is 1.58. The first-order valence-electron chi connectivity index (χ1n) is 4.69. The first-order valence-corrected chi connectivity index (χ1v) is 4.69. The molecule has 0 aromatic carbocycles. The van der Waals surface area contributed by atoms with Crippen molar-refractivity contribution in [3.05, 3.63) is 11.6 Å². The van der Waals surface area contributed by atoms with Crippen LogP contribution < -0.4 is 5.73 Å². The smallest absolute Gasteiger partial charge is 0.170 e. The lowest BCUT2D eigenvalue weighted by molar-refractivity contribution is 0.509. The first-order chi connectivity index (χ1) is 5.98. The van der Waals surface area contributed by atoms with Crippen molar-refractivity contribution < 1.29 is 0 Å². The van der Waals surface area contributed by atoms with Crippen molar-refractivity contribution >= 4 is 0 Å². The van der Waals surface area contributed by atoms with Gasteiger partial charge in [0.1, 0.15) is 5.82 Å². The van der Waals surface area contributed by atoms with Gasteiger partial charge < -0.3 is 5.73 Å². The maximum atomic E-state index is 5.92. The zero-order valence-corrected chi connectivity index (χ0v) is 8.41. The molecule has 1 fully saturated rings. The minimum Gasteiger partial charge on any atom is -0.319 e. The van der Waals surface area contributed by atoms with Crippen molar-refractivity contribution in [2.75, 3.05) is 0 Å². The molecular weight excluding hydrogens is 164 g/mol. The van der Waals surface area contributed by atoms with Gasteiger partial charge >= 0.3 is 0 Å². The van der Waals surface area contributed by atoms with Crippen LogP contribution in [0.15, 0.2) is 0 Å². The highest BCUT2D eigenvalue weighted by Gasteiger charge is 2.31. The van der Waals surface area contributed by atoms with Gasteiger partial charge in [0, 0.05) is 13.0 Å². The number of nitrogens with zero attached hydrogens (tertiary/aromatic N) is 3. The van der Waals surface area contributed by atoms with E-state index in [2.05, 4.69) is 10.1 Å². The summed E-state index contributed by atoms with van der Waals surface area (Å²) in [7, 11) is 1.94. The van der Waals surface area contributed by atoms with Gasteiger partial charge in [0.05, 0.1) is 5.54 Å². The van der Waals surface area contributed by atoms with Crippen molar-refractivity contribution in [2.24, 2.45) is 12.8 Å². The molecule has 2 rings (SSSR count). The number of nitrogens with two attached hydrogens (primary N) is 1. The largest absolute Gasteiger partial charge is 0.319 e. The average molecular weight is 180 g/mol. The molecule has 0 saturated heterocycles. The summed E-state index contributed by atoms with van der Waals surface area (Å²) in [6, 6.07) is 0.